The van der Waals surface area contributed by atoms with Crippen LogP contribution in [0.15, 0.2) is 30.5 Å². The van der Waals surface area contributed by atoms with Crippen molar-refractivity contribution in [1.82, 2.24) is 25.0 Å². The first kappa shape index (κ1) is 17.5. The monoisotopic (exact) mass is 369 g/mol. The molecule has 0 bridgehead atoms. The van der Waals surface area contributed by atoms with Gasteiger partial charge in [0.05, 0.1) is 19.0 Å². The number of nitrogens with zero attached hydrogens (tertiary/aromatic N) is 3. The minimum atomic E-state index is -0.453. The molecule has 2 aliphatic heterocycles. The van der Waals surface area contributed by atoms with E-state index < -0.39 is 6.03 Å². The van der Waals surface area contributed by atoms with E-state index in [9.17, 15) is 14.4 Å². The maximum absolute atomic E-state index is 12.8. The number of carbonyl (C=O) groups is 3. The van der Waals surface area contributed by atoms with Gasteiger partial charge in [-0.15, -0.1) is 0 Å². The van der Waals surface area contributed by atoms with Crippen LogP contribution in [0.25, 0.3) is 10.9 Å². The summed E-state index contributed by atoms with van der Waals surface area (Å²) in [5, 5.41) is 6.12. The van der Waals surface area contributed by atoms with E-state index in [0.29, 0.717) is 32.6 Å². The molecule has 2 saturated heterocycles. The Morgan fingerprint density at radius 2 is 1.89 bits per heavy atom. The summed E-state index contributed by atoms with van der Waals surface area (Å²) in [6, 6.07) is 7.63. The molecule has 0 saturated carbocycles. The lowest BCUT2D eigenvalue weighted by atomic mass is 10.1. The second kappa shape index (κ2) is 7.03. The lowest BCUT2D eigenvalue weighted by molar-refractivity contribution is -0.133. The van der Waals surface area contributed by atoms with E-state index in [1.807, 2.05) is 40.9 Å². The third-order valence-corrected chi connectivity index (χ3v) is 5.36. The van der Waals surface area contributed by atoms with Crippen molar-refractivity contribution in [2.75, 3.05) is 26.2 Å². The quantitative estimate of drug-likeness (QED) is 0.821. The number of benzene rings is 1. The molecule has 3 heterocycles. The van der Waals surface area contributed by atoms with Gasteiger partial charge in [0.25, 0.3) is 0 Å². The Kier molecular flexibility index (Phi) is 4.57. The highest BCUT2D eigenvalue weighted by molar-refractivity contribution is 5.97. The number of piperazine rings is 1. The van der Waals surface area contributed by atoms with Gasteiger partial charge in [0.1, 0.15) is 0 Å². The van der Waals surface area contributed by atoms with Crippen molar-refractivity contribution in [2.24, 2.45) is 7.05 Å². The van der Waals surface area contributed by atoms with E-state index in [2.05, 4.69) is 21.6 Å². The Morgan fingerprint density at radius 1 is 1.15 bits per heavy atom. The molecule has 4 amide bonds. The predicted octanol–water partition coefficient (Wildman–Crippen LogP) is 0.421. The summed E-state index contributed by atoms with van der Waals surface area (Å²) in [6.07, 6.45) is 2.36. The number of fused-ring (bicyclic) bond motifs is 1. The number of amides is 4. The molecule has 1 aromatic carbocycles. The van der Waals surface area contributed by atoms with Crippen molar-refractivity contribution in [3.8, 4) is 0 Å². The number of imide groups is 1. The number of rotatable bonds is 3. The van der Waals surface area contributed by atoms with Gasteiger partial charge in [0.15, 0.2) is 0 Å². The predicted molar refractivity (Wildman–Crippen MR) is 99.9 cm³/mol. The SMILES string of the molecule is Cn1cc(CC(=O)N2CCN(C3CC(=O)NC(=O)N3)CC2)c2ccccc21. The van der Waals surface area contributed by atoms with E-state index in [0.717, 1.165) is 16.5 Å². The maximum Gasteiger partial charge on any atom is 0.322 e. The summed E-state index contributed by atoms with van der Waals surface area (Å²) in [5.74, 6) is -0.158. The highest BCUT2D eigenvalue weighted by Crippen LogP contribution is 2.21. The molecule has 0 aliphatic carbocycles. The van der Waals surface area contributed by atoms with Crippen LogP contribution in [0.2, 0.25) is 0 Å². The normalized spacial score (nSPS) is 21.2. The summed E-state index contributed by atoms with van der Waals surface area (Å²) in [4.78, 5) is 39.7. The Hall–Kier alpha value is -2.87. The number of aromatic nitrogens is 1. The van der Waals surface area contributed by atoms with Crippen LogP contribution < -0.4 is 10.6 Å². The van der Waals surface area contributed by atoms with Crippen molar-refractivity contribution in [1.29, 1.82) is 0 Å². The highest BCUT2D eigenvalue weighted by Gasteiger charge is 2.31. The Morgan fingerprint density at radius 3 is 2.63 bits per heavy atom. The Labute approximate surface area is 157 Å². The zero-order chi connectivity index (χ0) is 19.0. The summed E-state index contributed by atoms with van der Waals surface area (Å²) in [6.45, 7) is 2.47. The second-order valence-electron chi connectivity index (χ2n) is 7.12. The van der Waals surface area contributed by atoms with Crippen LogP contribution in [0.1, 0.15) is 12.0 Å². The number of nitrogens with one attached hydrogen (secondary N) is 2. The van der Waals surface area contributed by atoms with Gasteiger partial charge in [0.2, 0.25) is 11.8 Å². The van der Waals surface area contributed by atoms with Gasteiger partial charge < -0.3 is 14.8 Å². The summed E-state index contributed by atoms with van der Waals surface area (Å²) in [5.41, 5.74) is 2.16. The van der Waals surface area contributed by atoms with E-state index in [4.69, 9.17) is 0 Å². The number of urea groups is 1. The molecule has 142 valence electrons. The molecule has 8 heteroatoms. The topological polar surface area (TPSA) is 86.7 Å². The van der Waals surface area contributed by atoms with E-state index >= 15 is 0 Å². The van der Waals surface area contributed by atoms with Crippen LogP contribution >= 0.6 is 0 Å². The van der Waals surface area contributed by atoms with Crippen LogP contribution in [0.5, 0.6) is 0 Å². The van der Waals surface area contributed by atoms with E-state index in [1.54, 1.807) is 0 Å². The molecular formula is C19H23N5O3. The minimum Gasteiger partial charge on any atom is -0.350 e. The first-order chi connectivity index (χ1) is 13.0. The van der Waals surface area contributed by atoms with Crippen molar-refractivity contribution in [2.45, 2.75) is 19.0 Å². The van der Waals surface area contributed by atoms with Gasteiger partial charge in [-0.1, -0.05) is 18.2 Å². The summed E-state index contributed by atoms with van der Waals surface area (Å²) in [7, 11) is 1.99. The van der Waals surface area contributed by atoms with E-state index in [1.165, 1.54) is 0 Å². The average molecular weight is 369 g/mol. The van der Waals surface area contributed by atoms with Crippen LogP contribution in [-0.2, 0) is 23.1 Å². The Balaban J connectivity index is 1.37. The molecule has 2 fully saturated rings. The molecule has 27 heavy (non-hydrogen) atoms. The van der Waals surface area contributed by atoms with Gasteiger partial charge in [-0.05, 0) is 11.6 Å². The minimum absolute atomic E-state index is 0.108. The lowest BCUT2D eigenvalue weighted by Crippen LogP contribution is -2.62. The fourth-order valence-electron chi connectivity index (χ4n) is 3.94. The molecule has 2 N–H and O–H groups in total. The number of hydrogen-bond acceptors (Lipinski definition) is 4. The standard InChI is InChI=1S/C19H23N5O3/c1-22-12-13(14-4-2-3-5-15(14)22)10-18(26)24-8-6-23(7-9-24)16-11-17(25)21-19(27)20-16/h2-5,12,16H,6-11H2,1H3,(H2,20,21,25,27). The van der Waals surface area contributed by atoms with Crippen LogP contribution in [0.4, 0.5) is 4.79 Å². The summed E-state index contributed by atoms with van der Waals surface area (Å²) < 4.78 is 2.05. The van der Waals surface area contributed by atoms with Crippen molar-refractivity contribution >= 4 is 28.7 Å². The van der Waals surface area contributed by atoms with Crippen molar-refractivity contribution < 1.29 is 14.4 Å². The first-order valence-corrected chi connectivity index (χ1v) is 9.16. The van der Waals surface area contributed by atoms with Gasteiger partial charge >= 0.3 is 6.03 Å². The van der Waals surface area contributed by atoms with Gasteiger partial charge in [-0.3, -0.25) is 19.8 Å². The maximum atomic E-state index is 12.8. The Bertz CT molecular complexity index is 882. The largest absolute Gasteiger partial charge is 0.350 e. The number of aryl methyl sites for hydroxylation is 1. The third-order valence-electron chi connectivity index (χ3n) is 5.36. The smallest absolute Gasteiger partial charge is 0.322 e. The van der Waals surface area contributed by atoms with E-state index in [-0.39, 0.29) is 24.4 Å². The van der Waals surface area contributed by atoms with Crippen LogP contribution in [-0.4, -0.2) is 64.6 Å². The van der Waals surface area contributed by atoms with Gasteiger partial charge in [-0.2, -0.15) is 0 Å². The fraction of sp³-hybridized carbons (Fsp3) is 0.421. The van der Waals surface area contributed by atoms with Gasteiger partial charge in [0, 0.05) is 50.3 Å². The lowest BCUT2D eigenvalue weighted by Gasteiger charge is -2.40. The molecule has 4 rings (SSSR count). The highest BCUT2D eigenvalue weighted by atomic mass is 16.2. The average Bonchev–Trinajstić information content (AvgIpc) is 2.97. The molecule has 1 aromatic heterocycles. The second-order valence-corrected chi connectivity index (χ2v) is 7.12. The molecule has 8 nitrogen and oxygen atoms in total. The zero-order valence-electron chi connectivity index (χ0n) is 15.3. The third kappa shape index (κ3) is 3.52. The van der Waals surface area contributed by atoms with Crippen molar-refractivity contribution in [3.05, 3.63) is 36.0 Å². The molecule has 0 radical (unpaired) electrons. The number of para-hydroxylation sites is 1. The zero-order valence-corrected chi connectivity index (χ0v) is 15.3. The molecule has 0 spiro atoms. The summed E-state index contributed by atoms with van der Waals surface area (Å²) >= 11 is 0. The fourth-order valence-corrected chi connectivity index (χ4v) is 3.94. The molecular weight excluding hydrogens is 346 g/mol. The molecule has 2 aromatic rings. The molecule has 1 unspecified atom stereocenters. The van der Waals surface area contributed by atoms with Crippen molar-refractivity contribution in [3.63, 3.8) is 0 Å². The first-order valence-electron chi connectivity index (χ1n) is 9.16. The van der Waals surface area contributed by atoms with Crippen LogP contribution in [0, 0.1) is 0 Å². The number of hydrogen-bond donors (Lipinski definition) is 2. The van der Waals surface area contributed by atoms with Gasteiger partial charge in [-0.25, -0.2) is 4.79 Å². The molecule has 1 atom stereocenters. The van der Waals surface area contributed by atoms with Crippen LogP contribution in [0.3, 0.4) is 0 Å². The molecule has 2 aliphatic rings. The number of carbonyl (C=O) groups excluding carboxylic acids is 3.